The highest BCUT2D eigenvalue weighted by Crippen LogP contribution is 2.31. The molecule has 2 heterocycles. The van der Waals surface area contributed by atoms with E-state index in [0.29, 0.717) is 36.3 Å². The van der Waals surface area contributed by atoms with E-state index in [0.717, 1.165) is 24.2 Å². The molecule has 2 aliphatic heterocycles. The van der Waals surface area contributed by atoms with Gasteiger partial charge in [0.05, 0.1) is 11.9 Å². The standard InChI is InChI=1S/C20H21N3O4S/c1-28(26,27)23-12-10-14-13-15(4-9-18(14)23)20(25)21-16-5-7-17(8-6-16)22-11-2-3-19(22)24/h4-9,13H,2-3,10-12H2,1H3,(H,21,25). The predicted molar refractivity (Wildman–Crippen MR) is 108 cm³/mol. The van der Waals surface area contributed by atoms with Crippen LogP contribution in [0, 0.1) is 0 Å². The van der Waals surface area contributed by atoms with Crippen molar-refractivity contribution in [3.05, 3.63) is 53.6 Å². The van der Waals surface area contributed by atoms with Crippen molar-refractivity contribution in [3.63, 3.8) is 0 Å². The maximum absolute atomic E-state index is 12.6. The highest BCUT2D eigenvalue weighted by atomic mass is 32.2. The summed E-state index contributed by atoms with van der Waals surface area (Å²) < 4.78 is 25.0. The Morgan fingerprint density at radius 3 is 2.43 bits per heavy atom. The average Bonchev–Trinajstić information content (AvgIpc) is 3.27. The summed E-state index contributed by atoms with van der Waals surface area (Å²) >= 11 is 0. The van der Waals surface area contributed by atoms with Crippen LogP contribution in [0.5, 0.6) is 0 Å². The third-order valence-electron chi connectivity index (χ3n) is 5.11. The Morgan fingerprint density at radius 1 is 1.04 bits per heavy atom. The first-order valence-electron chi connectivity index (χ1n) is 9.15. The zero-order valence-electron chi connectivity index (χ0n) is 15.5. The van der Waals surface area contributed by atoms with Crippen LogP contribution in [0.25, 0.3) is 0 Å². The number of carbonyl (C=O) groups excluding carboxylic acids is 2. The van der Waals surface area contributed by atoms with Crippen LogP contribution < -0.4 is 14.5 Å². The summed E-state index contributed by atoms with van der Waals surface area (Å²) in [6, 6.07) is 12.3. The molecule has 0 spiro atoms. The highest BCUT2D eigenvalue weighted by molar-refractivity contribution is 7.92. The first-order chi connectivity index (χ1) is 13.3. The smallest absolute Gasteiger partial charge is 0.255 e. The summed E-state index contributed by atoms with van der Waals surface area (Å²) in [4.78, 5) is 26.1. The molecule has 1 fully saturated rings. The maximum atomic E-state index is 12.6. The van der Waals surface area contributed by atoms with Crippen molar-refractivity contribution >= 4 is 38.9 Å². The van der Waals surface area contributed by atoms with Crippen LogP contribution in [0.15, 0.2) is 42.5 Å². The molecule has 0 radical (unpaired) electrons. The SMILES string of the molecule is CS(=O)(=O)N1CCc2cc(C(=O)Nc3ccc(N4CCCC4=O)cc3)ccc21. The lowest BCUT2D eigenvalue weighted by Crippen LogP contribution is -2.27. The van der Waals surface area contributed by atoms with Crippen molar-refractivity contribution in [1.82, 2.24) is 0 Å². The van der Waals surface area contributed by atoms with E-state index in [2.05, 4.69) is 5.32 Å². The minimum absolute atomic E-state index is 0.123. The van der Waals surface area contributed by atoms with Crippen LogP contribution in [0.3, 0.4) is 0 Å². The second kappa shape index (κ2) is 6.94. The number of amides is 2. The van der Waals surface area contributed by atoms with Gasteiger partial charge in [0.2, 0.25) is 15.9 Å². The van der Waals surface area contributed by atoms with E-state index in [1.165, 1.54) is 10.6 Å². The molecule has 0 aliphatic carbocycles. The van der Waals surface area contributed by atoms with Gasteiger partial charge in [-0.05, 0) is 60.9 Å². The Bertz CT molecular complexity index is 1050. The van der Waals surface area contributed by atoms with Gasteiger partial charge in [0.15, 0.2) is 0 Å². The number of hydrogen-bond donors (Lipinski definition) is 1. The molecule has 28 heavy (non-hydrogen) atoms. The zero-order chi connectivity index (χ0) is 19.9. The Morgan fingerprint density at radius 2 is 1.79 bits per heavy atom. The van der Waals surface area contributed by atoms with Gasteiger partial charge in [-0.1, -0.05) is 0 Å². The number of fused-ring (bicyclic) bond motifs is 1. The molecule has 0 saturated carbocycles. The Kier molecular flexibility index (Phi) is 4.58. The normalized spacial score (nSPS) is 16.4. The molecule has 2 amide bonds. The van der Waals surface area contributed by atoms with Crippen molar-refractivity contribution in [2.45, 2.75) is 19.3 Å². The summed E-state index contributed by atoms with van der Waals surface area (Å²) in [7, 11) is -3.31. The van der Waals surface area contributed by atoms with Crippen molar-refractivity contribution in [3.8, 4) is 0 Å². The molecule has 8 heteroatoms. The number of nitrogens with zero attached hydrogens (tertiary/aromatic N) is 2. The molecule has 4 rings (SSSR count). The van der Waals surface area contributed by atoms with Crippen LogP contribution in [-0.4, -0.2) is 39.6 Å². The third kappa shape index (κ3) is 3.47. The second-order valence-electron chi connectivity index (χ2n) is 7.08. The van der Waals surface area contributed by atoms with Gasteiger partial charge in [-0.25, -0.2) is 8.42 Å². The minimum atomic E-state index is -3.31. The third-order valence-corrected chi connectivity index (χ3v) is 6.29. The number of anilines is 3. The molecule has 1 saturated heterocycles. The number of carbonyl (C=O) groups is 2. The van der Waals surface area contributed by atoms with Gasteiger partial charge in [-0.3, -0.25) is 13.9 Å². The molecule has 146 valence electrons. The Labute approximate surface area is 164 Å². The molecule has 7 nitrogen and oxygen atoms in total. The van der Waals surface area contributed by atoms with Crippen LogP contribution in [0.4, 0.5) is 17.1 Å². The van der Waals surface area contributed by atoms with Gasteiger partial charge in [0.25, 0.3) is 5.91 Å². The molecule has 1 N–H and O–H groups in total. The predicted octanol–water partition coefficient (Wildman–Crippen LogP) is 2.39. The zero-order valence-corrected chi connectivity index (χ0v) is 16.3. The van der Waals surface area contributed by atoms with Gasteiger partial charge < -0.3 is 10.2 Å². The molecular weight excluding hydrogens is 378 g/mol. The molecule has 0 atom stereocenters. The van der Waals surface area contributed by atoms with Gasteiger partial charge in [-0.15, -0.1) is 0 Å². The van der Waals surface area contributed by atoms with Crippen LogP contribution in [0.1, 0.15) is 28.8 Å². The number of rotatable bonds is 4. The van der Waals surface area contributed by atoms with E-state index in [1.54, 1.807) is 35.2 Å². The van der Waals surface area contributed by atoms with Gasteiger partial charge in [0, 0.05) is 36.4 Å². The largest absolute Gasteiger partial charge is 0.322 e. The molecule has 2 aromatic rings. The fourth-order valence-corrected chi connectivity index (χ4v) is 4.66. The highest BCUT2D eigenvalue weighted by Gasteiger charge is 2.27. The van der Waals surface area contributed by atoms with Crippen molar-refractivity contribution in [2.24, 2.45) is 0 Å². The van der Waals surface area contributed by atoms with Crippen molar-refractivity contribution in [1.29, 1.82) is 0 Å². The summed E-state index contributed by atoms with van der Waals surface area (Å²) in [5, 5.41) is 2.85. The summed E-state index contributed by atoms with van der Waals surface area (Å²) in [6.07, 6.45) is 3.21. The lowest BCUT2D eigenvalue weighted by atomic mass is 10.1. The van der Waals surface area contributed by atoms with Crippen LogP contribution in [-0.2, 0) is 21.2 Å². The lowest BCUT2D eigenvalue weighted by Gasteiger charge is -2.17. The van der Waals surface area contributed by atoms with Crippen LogP contribution in [0.2, 0.25) is 0 Å². The number of hydrogen-bond acceptors (Lipinski definition) is 4. The van der Waals surface area contributed by atoms with E-state index < -0.39 is 10.0 Å². The maximum Gasteiger partial charge on any atom is 0.255 e. The molecule has 0 bridgehead atoms. The van der Waals surface area contributed by atoms with Crippen molar-refractivity contribution < 1.29 is 18.0 Å². The average molecular weight is 399 g/mol. The van der Waals surface area contributed by atoms with Crippen molar-refractivity contribution in [2.75, 3.05) is 33.9 Å². The Hall–Kier alpha value is -2.87. The fourth-order valence-electron chi connectivity index (χ4n) is 3.71. The summed E-state index contributed by atoms with van der Waals surface area (Å²) in [6.45, 7) is 1.13. The van der Waals surface area contributed by atoms with E-state index in [-0.39, 0.29) is 11.8 Å². The molecule has 0 unspecified atom stereocenters. The molecule has 2 aliphatic rings. The van der Waals surface area contributed by atoms with Gasteiger partial charge >= 0.3 is 0 Å². The number of benzene rings is 2. The molecule has 2 aromatic carbocycles. The quantitative estimate of drug-likeness (QED) is 0.855. The number of sulfonamides is 1. The Balaban J connectivity index is 1.48. The van der Waals surface area contributed by atoms with Gasteiger partial charge in [0.1, 0.15) is 0 Å². The monoisotopic (exact) mass is 399 g/mol. The van der Waals surface area contributed by atoms with Gasteiger partial charge in [-0.2, -0.15) is 0 Å². The first kappa shape index (κ1) is 18.5. The second-order valence-corrected chi connectivity index (χ2v) is 8.99. The number of nitrogens with one attached hydrogen (secondary N) is 1. The van der Waals surface area contributed by atoms with E-state index >= 15 is 0 Å². The summed E-state index contributed by atoms with van der Waals surface area (Å²) in [5.41, 5.74) is 3.44. The fraction of sp³-hybridized carbons (Fsp3) is 0.300. The minimum Gasteiger partial charge on any atom is -0.322 e. The van der Waals surface area contributed by atoms with E-state index in [4.69, 9.17) is 0 Å². The lowest BCUT2D eigenvalue weighted by molar-refractivity contribution is -0.117. The molecular formula is C20H21N3O4S. The van der Waals surface area contributed by atoms with E-state index in [9.17, 15) is 18.0 Å². The van der Waals surface area contributed by atoms with E-state index in [1.807, 2.05) is 12.1 Å². The molecule has 0 aromatic heterocycles. The summed E-state index contributed by atoms with van der Waals surface area (Å²) in [5.74, 6) is -0.135. The first-order valence-corrected chi connectivity index (χ1v) is 11.0. The topological polar surface area (TPSA) is 86.8 Å². The van der Waals surface area contributed by atoms with Crippen LogP contribution >= 0.6 is 0 Å².